The van der Waals surface area contributed by atoms with E-state index in [2.05, 4.69) is 74.4 Å². The zero-order valence-corrected chi connectivity index (χ0v) is 24.6. The standard InChI is InChI=1S/C33H59N/c1-11-24-31(6,7)32(8,9)33(10,26-25-30(3,4)5)27(2)18-16-14-12-13-15-17-19-28-20-22-29(34)23-21-28/h20-23H,2,11-19,24-26,34H2,1,3-10H3. The van der Waals surface area contributed by atoms with Crippen LogP contribution in [0, 0.1) is 21.7 Å². The van der Waals surface area contributed by atoms with E-state index in [1.54, 1.807) is 0 Å². The first kappa shape index (κ1) is 30.8. The van der Waals surface area contributed by atoms with Crippen LogP contribution in [-0.2, 0) is 6.42 Å². The molecule has 1 aromatic carbocycles. The number of hydrogen-bond acceptors (Lipinski definition) is 1. The Balaban J connectivity index is 2.58. The molecule has 1 nitrogen and oxygen atoms in total. The lowest BCUT2D eigenvalue weighted by molar-refractivity contribution is -0.0258. The first-order valence-corrected chi connectivity index (χ1v) is 14.2. The Morgan fingerprint density at radius 3 is 1.79 bits per heavy atom. The minimum Gasteiger partial charge on any atom is -0.399 e. The lowest BCUT2D eigenvalue weighted by Crippen LogP contribution is -2.47. The summed E-state index contributed by atoms with van der Waals surface area (Å²) in [6.07, 6.45) is 15.3. The number of allylic oxidation sites excluding steroid dienone is 1. The maximum atomic E-state index is 5.79. The van der Waals surface area contributed by atoms with E-state index < -0.39 is 0 Å². The minimum atomic E-state index is 0.165. The number of nitrogen functional groups attached to an aromatic ring is 1. The van der Waals surface area contributed by atoms with Gasteiger partial charge in [0.1, 0.15) is 0 Å². The predicted molar refractivity (Wildman–Crippen MR) is 155 cm³/mol. The monoisotopic (exact) mass is 469 g/mol. The fourth-order valence-electron chi connectivity index (χ4n) is 5.58. The third-order valence-electron chi connectivity index (χ3n) is 9.28. The van der Waals surface area contributed by atoms with Crippen LogP contribution in [0.2, 0.25) is 0 Å². The maximum Gasteiger partial charge on any atom is 0.0314 e. The van der Waals surface area contributed by atoms with Gasteiger partial charge in [0.05, 0.1) is 0 Å². The van der Waals surface area contributed by atoms with E-state index in [0.29, 0.717) is 10.8 Å². The van der Waals surface area contributed by atoms with Crippen LogP contribution >= 0.6 is 0 Å². The Labute approximate surface area is 214 Å². The Bertz CT molecular complexity index is 716. The lowest BCUT2D eigenvalue weighted by Gasteiger charge is -2.56. The number of aryl methyl sites for hydroxylation is 1. The van der Waals surface area contributed by atoms with E-state index in [1.165, 1.54) is 88.2 Å². The highest BCUT2D eigenvalue weighted by Crippen LogP contribution is 2.59. The van der Waals surface area contributed by atoms with E-state index in [0.717, 1.165) is 5.69 Å². The van der Waals surface area contributed by atoms with Crippen molar-refractivity contribution in [3.8, 4) is 0 Å². The summed E-state index contributed by atoms with van der Waals surface area (Å²) in [5, 5.41) is 0. The molecule has 0 radical (unpaired) electrons. The molecule has 1 aromatic rings. The number of unbranched alkanes of at least 4 members (excludes halogenated alkanes) is 5. The Morgan fingerprint density at radius 2 is 1.26 bits per heavy atom. The molecular formula is C33H59N. The van der Waals surface area contributed by atoms with E-state index in [1.807, 2.05) is 12.1 Å². The van der Waals surface area contributed by atoms with E-state index in [9.17, 15) is 0 Å². The smallest absolute Gasteiger partial charge is 0.0314 e. The van der Waals surface area contributed by atoms with Crippen LogP contribution in [-0.4, -0.2) is 0 Å². The molecule has 0 fully saturated rings. The zero-order chi connectivity index (χ0) is 26.0. The molecule has 0 saturated carbocycles. The molecule has 1 unspecified atom stereocenters. The largest absolute Gasteiger partial charge is 0.399 e. The van der Waals surface area contributed by atoms with Crippen molar-refractivity contribution in [2.45, 2.75) is 139 Å². The quantitative estimate of drug-likeness (QED) is 0.145. The first-order valence-electron chi connectivity index (χ1n) is 14.2. The molecule has 1 heteroatoms. The number of hydrogen-bond donors (Lipinski definition) is 1. The maximum absolute atomic E-state index is 5.79. The van der Waals surface area contributed by atoms with Crippen LogP contribution in [0.5, 0.6) is 0 Å². The molecule has 1 rings (SSSR count). The van der Waals surface area contributed by atoms with Crippen molar-refractivity contribution in [3.63, 3.8) is 0 Å². The van der Waals surface area contributed by atoms with E-state index in [-0.39, 0.29) is 10.8 Å². The predicted octanol–water partition coefficient (Wildman–Crippen LogP) is 10.8. The molecule has 0 spiro atoms. The lowest BCUT2D eigenvalue weighted by atomic mass is 9.49. The molecule has 0 saturated heterocycles. The molecule has 34 heavy (non-hydrogen) atoms. The number of benzene rings is 1. The second kappa shape index (κ2) is 13.2. The highest BCUT2D eigenvalue weighted by molar-refractivity contribution is 5.39. The highest BCUT2D eigenvalue weighted by Gasteiger charge is 2.50. The molecule has 1 atom stereocenters. The molecular weight excluding hydrogens is 410 g/mol. The van der Waals surface area contributed by atoms with Gasteiger partial charge in [-0.3, -0.25) is 0 Å². The van der Waals surface area contributed by atoms with Crippen molar-refractivity contribution in [2.24, 2.45) is 21.7 Å². The highest BCUT2D eigenvalue weighted by atomic mass is 14.5. The van der Waals surface area contributed by atoms with E-state index >= 15 is 0 Å². The number of rotatable bonds is 16. The van der Waals surface area contributed by atoms with Crippen LogP contribution in [0.4, 0.5) is 5.69 Å². The van der Waals surface area contributed by atoms with Crippen molar-refractivity contribution in [2.75, 3.05) is 5.73 Å². The van der Waals surface area contributed by atoms with Crippen molar-refractivity contribution in [3.05, 3.63) is 42.0 Å². The summed E-state index contributed by atoms with van der Waals surface area (Å²) in [5.74, 6) is 0. The summed E-state index contributed by atoms with van der Waals surface area (Å²) < 4.78 is 0. The van der Waals surface area contributed by atoms with Gasteiger partial charge in [0.15, 0.2) is 0 Å². The van der Waals surface area contributed by atoms with Crippen LogP contribution in [0.3, 0.4) is 0 Å². The summed E-state index contributed by atoms with van der Waals surface area (Å²) in [6, 6.07) is 8.37. The third kappa shape index (κ3) is 9.09. The van der Waals surface area contributed by atoms with Gasteiger partial charge in [-0.05, 0) is 84.3 Å². The zero-order valence-electron chi connectivity index (χ0n) is 24.6. The second-order valence-corrected chi connectivity index (χ2v) is 13.6. The average molecular weight is 470 g/mol. The summed E-state index contributed by atoms with van der Waals surface area (Å²) in [5.41, 5.74) is 10.6. The van der Waals surface area contributed by atoms with Gasteiger partial charge in [-0.25, -0.2) is 0 Å². The molecule has 0 aromatic heterocycles. The van der Waals surface area contributed by atoms with Crippen LogP contribution < -0.4 is 5.73 Å². The molecule has 0 aliphatic carbocycles. The molecule has 0 bridgehead atoms. The fourth-order valence-corrected chi connectivity index (χ4v) is 5.58. The summed E-state index contributed by atoms with van der Waals surface area (Å²) in [4.78, 5) is 0. The second-order valence-electron chi connectivity index (χ2n) is 13.6. The van der Waals surface area contributed by atoms with Gasteiger partial charge >= 0.3 is 0 Å². The van der Waals surface area contributed by atoms with Crippen LogP contribution in [0.25, 0.3) is 0 Å². The summed E-state index contributed by atoms with van der Waals surface area (Å²) in [6.45, 7) is 26.8. The van der Waals surface area contributed by atoms with Gasteiger partial charge in [0.2, 0.25) is 0 Å². The fraction of sp³-hybridized carbons (Fsp3) is 0.758. The number of nitrogens with two attached hydrogens (primary N) is 1. The molecule has 0 amide bonds. The van der Waals surface area contributed by atoms with Gasteiger partial charge in [-0.15, -0.1) is 0 Å². The molecule has 0 heterocycles. The SMILES string of the molecule is C=C(CCCCCCCCc1ccc(N)cc1)C(C)(CCC(C)(C)C)C(C)(C)C(C)(C)CCC. The Hall–Kier alpha value is -1.24. The topological polar surface area (TPSA) is 26.0 Å². The average Bonchev–Trinajstić information content (AvgIpc) is 2.74. The van der Waals surface area contributed by atoms with Crippen molar-refractivity contribution in [1.29, 1.82) is 0 Å². The van der Waals surface area contributed by atoms with Crippen LogP contribution in [0.15, 0.2) is 36.4 Å². The minimum absolute atomic E-state index is 0.165. The van der Waals surface area contributed by atoms with E-state index in [4.69, 9.17) is 12.3 Å². The van der Waals surface area contributed by atoms with Crippen LogP contribution in [0.1, 0.15) is 139 Å². The first-order chi connectivity index (χ1) is 15.7. The molecule has 0 aliphatic rings. The number of anilines is 1. The normalized spacial score (nSPS) is 14.7. The van der Waals surface area contributed by atoms with Crippen molar-refractivity contribution >= 4 is 5.69 Å². The van der Waals surface area contributed by atoms with Crippen molar-refractivity contribution < 1.29 is 0 Å². The summed E-state index contributed by atoms with van der Waals surface area (Å²) >= 11 is 0. The Kier molecular flexibility index (Phi) is 11.9. The Morgan fingerprint density at radius 1 is 0.735 bits per heavy atom. The molecule has 2 N–H and O–H groups in total. The molecule has 196 valence electrons. The molecule has 0 aliphatic heterocycles. The van der Waals surface area contributed by atoms with Gasteiger partial charge in [0.25, 0.3) is 0 Å². The van der Waals surface area contributed by atoms with Gasteiger partial charge in [-0.1, -0.05) is 119 Å². The van der Waals surface area contributed by atoms with Gasteiger partial charge in [-0.2, -0.15) is 0 Å². The summed E-state index contributed by atoms with van der Waals surface area (Å²) in [7, 11) is 0. The van der Waals surface area contributed by atoms with Gasteiger partial charge < -0.3 is 5.73 Å². The van der Waals surface area contributed by atoms with Crippen molar-refractivity contribution in [1.82, 2.24) is 0 Å². The van der Waals surface area contributed by atoms with Gasteiger partial charge in [0, 0.05) is 5.69 Å². The third-order valence-corrected chi connectivity index (χ3v) is 9.28.